The second-order valence-corrected chi connectivity index (χ2v) is 5.18. The minimum absolute atomic E-state index is 0.313. The molecule has 1 amide bonds. The van der Waals surface area contributed by atoms with Crippen LogP contribution in [0.5, 0.6) is 0 Å². The minimum atomic E-state index is -0.417. The predicted molar refractivity (Wildman–Crippen MR) is 87.8 cm³/mol. The van der Waals surface area contributed by atoms with Gasteiger partial charge in [0.05, 0.1) is 29.2 Å². The molecule has 6 heteroatoms. The average Bonchev–Trinajstić information content (AvgIpc) is 3.03. The Bertz CT molecular complexity index is 956. The Labute approximate surface area is 137 Å². The number of anilines is 1. The third kappa shape index (κ3) is 2.75. The Hall–Kier alpha value is -3.46. The van der Waals surface area contributed by atoms with Crippen molar-refractivity contribution in [1.82, 2.24) is 10.2 Å². The fraction of sp³-hybridized carbons (Fsp3) is 0.0556. The molecule has 1 heterocycles. The van der Waals surface area contributed by atoms with Crippen LogP contribution >= 0.6 is 0 Å². The molecule has 2 aromatic carbocycles. The van der Waals surface area contributed by atoms with Crippen molar-refractivity contribution >= 4 is 11.6 Å². The van der Waals surface area contributed by atoms with E-state index in [9.17, 15) is 9.18 Å². The van der Waals surface area contributed by atoms with Gasteiger partial charge in [0.1, 0.15) is 5.82 Å². The maximum Gasteiger partial charge on any atom is 0.256 e. The van der Waals surface area contributed by atoms with Crippen molar-refractivity contribution in [2.75, 3.05) is 5.32 Å². The maximum absolute atomic E-state index is 14.0. The molecule has 0 spiro atoms. The summed E-state index contributed by atoms with van der Waals surface area (Å²) in [6.45, 7) is 1.71. The molecule has 0 aliphatic carbocycles. The molecular formula is C18H13FN4O. The first-order valence-electron chi connectivity index (χ1n) is 7.21. The molecule has 118 valence electrons. The monoisotopic (exact) mass is 320 g/mol. The largest absolute Gasteiger partial charge is 0.319 e. The van der Waals surface area contributed by atoms with Crippen LogP contribution in [-0.4, -0.2) is 16.1 Å². The molecule has 0 aliphatic rings. The second-order valence-electron chi connectivity index (χ2n) is 5.18. The quantitative estimate of drug-likeness (QED) is 0.773. The molecule has 0 radical (unpaired) electrons. The molecule has 3 aromatic rings. The summed E-state index contributed by atoms with van der Waals surface area (Å²) in [5.41, 5.74) is 2.47. The van der Waals surface area contributed by atoms with Gasteiger partial charge in [0.15, 0.2) is 0 Å². The molecule has 3 rings (SSSR count). The van der Waals surface area contributed by atoms with Crippen molar-refractivity contribution in [3.05, 3.63) is 71.2 Å². The third-order valence-electron chi connectivity index (χ3n) is 3.73. The van der Waals surface area contributed by atoms with Gasteiger partial charge in [0.2, 0.25) is 0 Å². The molecule has 0 saturated carbocycles. The summed E-state index contributed by atoms with van der Waals surface area (Å²) in [6, 6.07) is 13.2. The fourth-order valence-corrected chi connectivity index (χ4v) is 2.44. The van der Waals surface area contributed by atoms with Gasteiger partial charge in [0, 0.05) is 11.1 Å². The van der Waals surface area contributed by atoms with Crippen LogP contribution in [0.15, 0.2) is 48.7 Å². The number of carbonyl (C=O) groups excluding carboxylic acids is 1. The summed E-state index contributed by atoms with van der Waals surface area (Å²) < 4.78 is 14.0. The van der Waals surface area contributed by atoms with Crippen LogP contribution in [0.1, 0.15) is 21.5 Å². The molecule has 2 N–H and O–H groups in total. The smallest absolute Gasteiger partial charge is 0.256 e. The van der Waals surface area contributed by atoms with Gasteiger partial charge in [-0.3, -0.25) is 9.89 Å². The third-order valence-corrected chi connectivity index (χ3v) is 3.73. The van der Waals surface area contributed by atoms with E-state index in [0.717, 1.165) is 0 Å². The first kappa shape index (κ1) is 15.4. The van der Waals surface area contributed by atoms with Crippen LogP contribution in [0.25, 0.3) is 11.3 Å². The molecule has 0 bridgehead atoms. The van der Waals surface area contributed by atoms with Gasteiger partial charge in [-0.05, 0) is 36.8 Å². The summed E-state index contributed by atoms with van der Waals surface area (Å²) >= 11 is 0. The van der Waals surface area contributed by atoms with Crippen molar-refractivity contribution < 1.29 is 9.18 Å². The summed E-state index contributed by atoms with van der Waals surface area (Å²) in [5.74, 6) is -0.802. The zero-order valence-corrected chi connectivity index (χ0v) is 12.8. The molecule has 1 aromatic heterocycles. The maximum atomic E-state index is 14.0. The summed E-state index contributed by atoms with van der Waals surface area (Å²) in [6.07, 6.45) is 1.42. The Morgan fingerprint density at radius 3 is 2.79 bits per heavy atom. The molecule has 0 atom stereocenters. The lowest BCUT2D eigenvalue weighted by Gasteiger charge is -2.09. The Morgan fingerprint density at radius 2 is 2.04 bits per heavy atom. The fourth-order valence-electron chi connectivity index (χ4n) is 2.44. The van der Waals surface area contributed by atoms with Gasteiger partial charge < -0.3 is 5.32 Å². The molecule has 0 unspecified atom stereocenters. The molecule has 0 aliphatic heterocycles. The number of rotatable bonds is 3. The van der Waals surface area contributed by atoms with Crippen LogP contribution in [0.2, 0.25) is 0 Å². The summed E-state index contributed by atoms with van der Waals surface area (Å²) in [7, 11) is 0. The number of hydrogen-bond donors (Lipinski definition) is 2. The van der Waals surface area contributed by atoms with Gasteiger partial charge in [-0.2, -0.15) is 10.4 Å². The Balaban J connectivity index is 1.94. The van der Waals surface area contributed by atoms with Gasteiger partial charge in [0.25, 0.3) is 5.91 Å². The van der Waals surface area contributed by atoms with E-state index in [1.807, 2.05) is 6.07 Å². The number of amides is 1. The van der Waals surface area contributed by atoms with E-state index < -0.39 is 5.82 Å². The van der Waals surface area contributed by atoms with Gasteiger partial charge in [-0.15, -0.1) is 0 Å². The van der Waals surface area contributed by atoms with Crippen molar-refractivity contribution in [3.8, 4) is 17.3 Å². The highest BCUT2D eigenvalue weighted by Crippen LogP contribution is 2.28. The number of hydrogen-bond acceptors (Lipinski definition) is 3. The lowest BCUT2D eigenvalue weighted by molar-refractivity contribution is 0.102. The second kappa shape index (κ2) is 6.34. The van der Waals surface area contributed by atoms with E-state index in [1.165, 1.54) is 12.3 Å². The first-order chi connectivity index (χ1) is 11.6. The molecule has 0 saturated heterocycles. The topological polar surface area (TPSA) is 81.6 Å². The van der Waals surface area contributed by atoms with Crippen molar-refractivity contribution in [2.24, 2.45) is 0 Å². The highest BCUT2D eigenvalue weighted by Gasteiger charge is 2.16. The lowest BCUT2D eigenvalue weighted by atomic mass is 10.0. The van der Waals surface area contributed by atoms with E-state index in [-0.39, 0.29) is 5.91 Å². The summed E-state index contributed by atoms with van der Waals surface area (Å²) in [4.78, 5) is 12.5. The van der Waals surface area contributed by atoms with Crippen LogP contribution in [0, 0.1) is 24.1 Å². The number of aromatic nitrogens is 2. The van der Waals surface area contributed by atoms with E-state index in [0.29, 0.717) is 33.6 Å². The molecular weight excluding hydrogens is 307 g/mol. The van der Waals surface area contributed by atoms with Crippen molar-refractivity contribution in [1.29, 1.82) is 5.26 Å². The first-order valence-corrected chi connectivity index (χ1v) is 7.21. The van der Waals surface area contributed by atoms with Gasteiger partial charge >= 0.3 is 0 Å². The molecule has 0 fully saturated rings. The number of halogens is 1. The standard InChI is InChI=1S/C18H13FN4O/c1-11-12(9-20)5-4-7-13(11)18(24)22-16-10-21-23-17(16)14-6-2-3-8-15(14)19/h2-8,10H,1H3,(H,21,23)(H,22,24). The highest BCUT2D eigenvalue weighted by molar-refractivity contribution is 6.07. The summed E-state index contributed by atoms with van der Waals surface area (Å²) in [5, 5.41) is 18.4. The normalized spacial score (nSPS) is 10.2. The van der Waals surface area contributed by atoms with E-state index in [1.54, 1.807) is 43.3 Å². The zero-order chi connectivity index (χ0) is 17.1. The SMILES string of the molecule is Cc1c(C#N)cccc1C(=O)Nc1cn[nH]c1-c1ccccc1F. The van der Waals surface area contributed by atoms with Gasteiger partial charge in [-0.1, -0.05) is 18.2 Å². The number of carbonyl (C=O) groups is 1. The van der Waals surface area contributed by atoms with E-state index >= 15 is 0 Å². The number of aromatic amines is 1. The lowest BCUT2D eigenvalue weighted by Crippen LogP contribution is -2.14. The zero-order valence-electron chi connectivity index (χ0n) is 12.8. The average molecular weight is 320 g/mol. The van der Waals surface area contributed by atoms with Crippen molar-refractivity contribution in [2.45, 2.75) is 6.92 Å². The van der Waals surface area contributed by atoms with E-state index in [4.69, 9.17) is 5.26 Å². The predicted octanol–water partition coefficient (Wildman–Crippen LogP) is 3.65. The number of nitrogens with one attached hydrogen (secondary N) is 2. The Morgan fingerprint density at radius 1 is 1.25 bits per heavy atom. The number of H-pyrrole nitrogens is 1. The number of nitrogens with zero attached hydrogens (tertiary/aromatic N) is 2. The van der Waals surface area contributed by atoms with Crippen LogP contribution < -0.4 is 5.32 Å². The Kier molecular flexibility index (Phi) is 4.08. The molecule has 24 heavy (non-hydrogen) atoms. The van der Waals surface area contributed by atoms with Crippen molar-refractivity contribution in [3.63, 3.8) is 0 Å². The molecule has 5 nitrogen and oxygen atoms in total. The van der Waals surface area contributed by atoms with Crippen LogP contribution in [-0.2, 0) is 0 Å². The van der Waals surface area contributed by atoms with Gasteiger partial charge in [-0.25, -0.2) is 4.39 Å². The highest BCUT2D eigenvalue weighted by atomic mass is 19.1. The van der Waals surface area contributed by atoms with Crippen LogP contribution in [0.4, 0.5) is 10.1 Å². The minimum Gasteiger partial charge on any atom is -0.319 e. The number of nitriles is 1. The van der Waals surface area contributed by atoms with Crippen LogP contribution in [0.3, 0.4) is 0 Å². The number of benzene rings is 2. The van der Waals surface area contributed by atoms with E-state index in [2.05, 4.69) is 15.5 Å².